The first-order chi connectivity index (χ1) is 63.9. The van der Waals surface area contributed by atoms with E-state index in [1.807, 2.05) is 182 Å². The third kappa shape index (κ3) is 14.2. The van der Waals surface area contributed by atoms with E-state index in [9.17, 15) is 0 Å². The molecule has 26 aromatic rings. The Balaban J connectivity index is 0.000000108. The zero-order chi connectivity index (χ0) is 85.2. The first-order valence-corrected chi connectivity index (χ1v) is 43.7. The van der Waals surface area contributed by atoms with Crippen LogP contribution in [0.25, 0.3) is 254 Å². The number of benzene rings is 20. The van der Waals surface area contributed by atoms with Gasteiger partial charge in [-0.1, -0.05) is 334 Å². The van der Waals surface area contributed by atoms with Crippen LogP contribution in [0.15, 0.2) is 433 Å². The van der Waals surface area contributed by atoms with E-state index in [1.165, 1.54) is 31.6 Å². The number of aromatic nitrogens is 10. The molecule has 0 saturated heterocycles. The van der Waals surface area contributed by atoms with Crippen LogP contribution >= 0.6 is 11.3 Å². The van der Waals surface area contributed by atoms with Crippen molar-refractivity contribution in [2.24, 2.45) is 0 Å². The van der Waals surface area contributed by atoms with Crippen LogP contribution < -0.4 is 0 Å². The molecule has 602 valence electrons. The maximum Gasteiger partial charge on any atom is 0.227 e. The summed E-state index contributed by atoms with van der Waals surface area (Å²) in [6.45, 7) is 0. The third-order valence-corrected chi connectivity index (χ3v) is 25.2. The standard InChI is InChI=1S/C41H25N3S.C40H24N4O.C35H21N3O/c1-4-10-28(11-5-1)38-39(29-12-6-2-7-13-29)43-36-25-32(21-22-34(36)42-38)31-19-17-26-16-18-27-20-23-35-40(37(27)33(26)24-31)45-41(44-35)30-14-8-3-9-15-30;1-3-10-28(11-4-1)37-42-38(31-19-15-25-9-7-8-14-30(25)23-31)44-39(43-37)32-20-17-26-16-18-27-21-22-34-36(35(27)33(26)24-32)45-40(41-34)29-12-5-2-6-13-29;1-3-9-23(10-4-1)32-33(37-29-14-8-7-13-28(29)36-32)26-17-19-27-25(21-26)16-15-22-18-20-30-34(31(22)27)39-35(38-30)24-11-5-2-6-12-24/h1-25H;1-24H;1-21H. The van der Waals surface area contributed by atoms with Crippen LogP contribution in [0.3, 0.4) is 0 Å². The summed E-state index contributed by atoms with van der Waals surface area (Å²) in [4.78, 5) is 50.1. The average molecular weight is 1670 g/mol. The van der Waals surface area contributed by atoms with Crippen molar-refractivity contribution in [3.63, 3.8) is 0 Å². The van der Waals surface area contributed by atoms with Gasteiger partial charge in [0.25, 0.3) is 0 Å². The highest BCUT2D eigenvalue weighted by molar-refractivity contribution is 7.22. The summed E-state index contributed by atoms with van der Waals surface area (Å²) in [5.74, 6) is 3.11. The number of hydrogen-bond donors (Lipinski definition) is 0. The van der Waals surface area contributed by atoms with Crippen molar-refractivity contribution >= 4 is 141 Å². The first-order valence-electron chi connectivity index (χ1n) is 42.9. The second kappa shape index (κ2) is 32.1. The van der Waals surface area contributed by atoms with Crippen LogP contribution in [0.5, 0.6) is 0 Å². The van der Waals surface area contributed by atoms with Gasteiger partial charge in [0.05, 0.1) is 55.1 Å². The van der Waals surface area contributed by atoms with E-state index in [-0.39, 0.29) is 0 Å². The lowest BCUT2D eigenvalue weighted by atomic mass is 9.96. The summed E-state index contributed by atoms with van der Waals surface area (Å²) < 4.78 is 14.1. The largest absolute Gasteiger partial charge is 0.435 e. The van der Waals surface area contributed by atoms with Crippen molar-refractivity contribution in [1.29, 1.82) is 0 Å². The van der Waals surface area contributed by atoms with Crippen molar-refractivity contribution < 1.29 is 8.83 Å². The number of oxazole rings is 2. The molecule has 0 radical (unpaired) electrons. The fraction of sp³-hybridized carbons (Fsp3) is 0. The Morgan fingerprint density at radius 2 is 0.512 bits per heavy atom. The first kappa shape index (κ1) is 75.5. The predicted molar refractivity (Wildman–Crippen MR) is 530 cm³/mol. The lowest BCUT2D eigenvalue weighted by Crippen LogP contribution is -2.00. The molecule has 0 aliphatic rings. The fourth-order valence-corrected chi connectivity index (χ4v) is 18.8. The lowest BCUT2D eigenvalue weighted by Gasteiger charge is -2.12. The summed E-state index contributed by atoms with van der Waals surface area (Å²) >= 11 is 1.77. The van der Waals surface area contributed by atoms with Gasteiger partial charge in [0.15, 0.2) is 28.6 Å². The molecule has 0 spiro atoms. The Morgan fingerprint density at radius 3 is 1.06 bits per heavy atom. The molecule has 0 aliphatic carbocycles. The number of fused-ring (bicyclic) bond motifs is 18. The van der Waals surface area contributed by atoms with Gasteiger partial charge >= 0.3 is 0 Å². The lowest BCUT2D eigenvalue weighted by molar-refractivity contribution is 0.623. The molecule has 0 aliphatic heterocycles. The molecular weight excluding hydrogens is 1600 g/mol. The van der Waals surface area contributed by atoms with Gasteiger partial charge in [0.1, 0.15) is 16.0 Å². The number of para-hydroxylation sites is 2. The van der Waals surface area contributed by atoms with Crippen molar-refractivity contribution in [2.45, 2.75) is 0 Å². The van der Waals surface area contributed by atoms with Crippen molar-refractivity contribution in [2.75, 3.05) is 0 Å². The zero-order valence-electron chi connectivity index (χ0n) is 69.1. The highest BCUT2D eigenvalue weighted by atomic mass is 32.1. The van der Waals surface area contributed by atoms with E-state index in [2.05, 4.69) is 243 Å². The van der Waals surface area contributed by atoms with Crippen molar-refractivity contribution in [3.05, 3.63) is 425 Å². The van der Waals surface area contributed by atoms with Gasteiger partial charge in [-0.2, -0.15) is 0 Å². The van der Waals surface area contributed by atoms with Gasteiger partial charge in [-0.25, -0.2) is 49.8 Å². The Labute approximate surface area is 743 Å². The van der Waals surface area contributed by atoms with E-state index in [0.717, 1.165) is 193 Å². The molecule has 6 heterocycles. The van der Waals surface area contributed by atoms with Crippen LogP contribution in [0, 0.1) is 0 Å². The third-order valence-electron chi connectivity index (χ3n) is 24.0. The van der Waals surface area contributed by atoms with Crippen molar-refractivity contribution in [3.8, 4) is 124 Å². The van der Waals surface area contributed by atoms with E-state index < -0.39 is 0 Å². The molecule has 6 aromatic heterocycles. The second-order valence-corrected chi connectivity index (χ2v) is 33.1. The highest BCUT2D eigenvalue weighted by Crippen LogP contribution is 2.45. The van der Waals surface area contributed by atoms with Crippen LogP contribution in [0.2, 0.25) is 0 Å². The van der Waals surface area contributed by atoms with Crippen LogP contribution in [0.4, 0.5) is 0 Å². The fourth-order valence-electron chi connectivity index (χ4n) is 17.7. The SMILES string of the molecule is c1ccc(-c2nc(-c3ccc4ccccc4c3)nc(-c3ccc4ccc5ccc6nc(-c7ccccc7)oc6c5c4c3)n2)cc1.c1ccc(-c2nc3ccc4ccc5cc(-c6nc7ccccc7nc6-c6ccccc6)ccc5c4c3o2)cc1.c1ccc(-c2nc3ccc4ccc5ccc(-c6ccc7nc(-c8ccccc8)c(-c8ccccc8)nc7c6)cc5c4c3s2)cc1. The Bertz CT molecular complexity index is 8870. The molecule has 0 unspecified atom stereocenters. The maximum absolute atomic E-state index is 6.46. The quantitative estimate of drug-likeness (QED) is 0.113. The second-order valence-electron chi connectivity index (χ2n) is 32.1. The summed E-state index contributed by atoms with van der Waals surface area (Å²) in [6, 6.07) is 146. The van der Waals surface area contributed by atoms with Crippen LogP contribution in [0.1, 0.15) is 0 Å². The summed E-state index contributed by atoms with van der Waals surface area (Å²) in [5, 5.41) is 17.0. The van der Waals surface area contributed by atoms with Crippen molar-refractivity contribution in [1.82, 2.24) is 49.8 Å². The summed E-state index contributed by atoms with van der Waals surface area (Å²) in [6.07, 6.45) is 0. The smallest absolute Gasteiger partial charge is 0.227 e. The molecule has 20 aromatic carbocycles. The molecule has 0 N–H and O–H groups in total. The Hall–Kier alpha value is -17.3. The number of nitrogens with zero attached hydrogens (tertiary/aromatic N) is 10. The molecule has 0 atom stereocenters. The molecule has 0 saturated carbocycles. The minimum absolute atomic E-state index is 0.608. The topological polar surface area (TPSA) is 155 Å². The zero-order valence-corrected chi connectivity index (χ0v) is 69.9. The van der Waals surface area contributed by atoms with E-state index in [4.69, 9.17) is 58.7 Å². The molecule has 129 heavy (non-hydrogen) atoms. The van der Waals surface area contributed by atoms with E-state index >= 15 is 0 Å². The highest BCUT2D eigenvalue weighted by Gasteiger charge is 2.23. The molecule has 13 heteroatoms. The van der Waals surface area contributed by atoms with Gasteiger partial charge in [-0.05, 0) is 161 Å². The molecule has 0 fully saturated rings. The summed E-state index contributed by atoms with van der Waals surface area (Å²) in [7, 11) is 0. The van der Waals surface area contributed by atoms with Gasteiger partial charge < -0.3 is 8.83 Å². The number of rotatable bonds is 11. The summed E-state index contributed by atoms with van der Waals surface area (Å²) in [5.41, 5.74) is 23.6. The molecule has 0 bridgehead atoms. The number of hydrogen-bond acceptors (Lipinski definition) is 13. The number of thiazole rings is 1. The molecule has 26 rings (SSSR count). The molecule has 12 nitrogen and oxygen atoms in total. The Kier molecular flexibility index (Phi) is 18.8. The maximum atomic E-state index is 6.46. The van der Waals surface area contributed by atoms with E-state index in [0.29, 0.717) is 29.3 Å². The van der Waals surface area contributed by atoms with Gasteiger partial charge in [-0.3, -0.25) is 0 Å². The minimum Gasteiger partial charge on any atom is -0.435 e. The molecule has 0 amide bonds. The molecular formula is C116H70N10O2S. The van der Waals surface area contributed by atoms with Gasteiger partial charge in [0, 0.05) is 71.8 Å². The minimum atomic E-state index is 0.608. The normalized spacial score (nSPS) is 11.6. The van der Waals surface area contributed by atoms with Crippen LogP contribution in [-0.2, 0) is 0 Å². The monoisotopic (exact) mass is 1670 g/mol. The Morgan fingerprint density at radius 1 is 0.171 bits per heavy atom. The van der Waals surface area contributed by atoms with Gasteiger partial charge in [0.2, 0.25) is 11.8 Å². The average Bonchev–Trinajstić information content (AvgIpc) is 1.69. The van der Waals surface area contributed by atoms with Gasteiger partial charge in [-0.15, -0.1) is 11.3 Å². The predicted octanol–water partition coefficient (Wildman–Crippen LogP) is 30.4. The van der Waals surface area contributed by atoms with E-state index in [1.54, 1.807) is 11.3 Å². The van der Waals surface area contributed by atoms with Crippen LogP contribution in [-0.4, -0.2) is 49.8 Å².